The summed E-state index contributed by atoms with van der Waals surface area (Å²) in [6.45, 7) is 3.10. The van der Waals surface area contributed by atoms with Crippen molar-refractivity contribution in [2.45, 2.75) is 95.7 Å². The molecule has 20 heteroatoms. The van der Waals surface area contributed by atoms with Crippen molar-refractivity contribution in [2.24, 2.45) is 16.2 Å². The molecule has 0 radical (unpaired) electrons. The number of aliphatic carboxylic acids is 1. The minimum atomic E-state index is -6.87. The summed E-state index contributed by atoms with van der Waals surface area (Å²) in [5, 5.41) is 9.21. The van der Waals surface area contributed by atoms with E-state index in [-0.39, 0.29) is 0 Å². The molecule has 1 aliphatic rings. The molecule has 0 spiro atoms. The van der Waals surface area contributed by atoms with Gasteiger partial charge in [-0.3, -0.25) is 14.4 Å². The summed E-state index contributed by atoms with van der Waals surface area (Å²) in [4.78, 5) is 35.5. The Hall–Kier alpha value is -2.57. The van der Waals surface area contributed by atoms with Gasteiger partial charge in [-0.05, 0) is 35.5 Å². The zero-order valence-electron chi connectivity index (χ0n) is 21.0. The van der Waals surface area contributed by atoms with Crippen LogP contribution in [-0.2, 0) is 23.9 Å². The number of carbonyl (C=O) groups is 3. The van der Waals surface area contributed by atoms with Crippen LogP contribution in [0.1, 0.15) is 59.3 Å². The zero-order valence-corrected chi connectivity index (χ0v) is 21.0. The number of halogens is 14. The number of carboxylic acids is 1. The topological polar surface area (TPSA) is 89.9 Å². The van der Waals surface area contributed by atoms with Gasteiger partial charge >= 0.3 is 54.3 Å². The van der Waals surface area contributed by atoms with Gasteiger partial charge < -0.3 is 14.6 Å². The normalized spacial score (nSPS) is 26.9. The van der Waals surface area contributed by atoms with E-state index in [2.05, 4.69) is 9.47 Å². The standard InChI is InChI=1S/C21H22F14O6/c1-13(4-10(36)37)7-14(2,5-11(38)40-20(32,33)16(22,23)18(26,27)28)9-15(3,8-13)6-12(39)41-21(34,35)17(24,25)19(29,30)31/h4-9H2,1-3H3,(H,36,37). The zero-order chi connectivity index (χ0) is 32.9. The lowest BCUT2D eigenvalue weighted by Gasteiger charge is -2.52. The first kappa shape index (κ1) is 36.5. The highest BCUT2D eigenvalue weighted by atomic mass is 19.4. The Kier molecular flexibility index (Phi) is 9.43. The van der Waals surface area contributed by atoms with Crippen LogP contribution in [0, 0.1) is 16.2 Å². The van der Waals surface area contributed by atoms with E-state index in [0.717, 1.165) is 20.8 Å². The molecule has 2 unspecified atom stereocenters. The summed E-state index contributed by atoms with van der Waals surface area (Å²) in [6.07, 6.45) is -32.0. The maximum atomic E-state index is 13.5. The Balaban J connectivity index is 3.31. The van der Waals surface area contributed by atoms with Crippen LogP contribution in [0.25, 0.3) is 0 Å². The summed E-state index contributed by atoms with van der Waals surface area (Å²) in [7, 11) is 0. The fraction of sp³-hybridized carbons (Fsp3) is 0.857. The molecule has 1 N–H and O–H groups in total. The first-order valence-corrected chi connectivity index (χ1v) is 11.0. The molecule has 0 amide bonds. The van der Waals surface area contributed by atoms with Crippen LogP contribution in [0.15, 0.2) is 0 Å². The predicted octanol–water partition coefficient (Wildman–Crippen LogP) is 7.11. The Morgan fingerprint density at radius 3 is 1.02 bits per heavy atom. The molecule has 0 bridgehead atoms. The van der Waals surface area contributed by atoms with Crippen molar-refractivity contribution >= 4 is 17.9 Å². The van der Waals surface area contributed by atoms with Gasteiger partial charge in [0.15, 0.2) is 0 Å². The fourth-order valence-electron chi connectivity index (χ4n) is 5.53. The average molecular weight is 636 g/mol. The maximum Gasteiger partial charge on any atom is 0.476 e. The molecule has 1 fully saturated rings. The second-order valence-electron chi connectivity index (χ2n) is 11.0. The summed E-state index contributed by atoms with van der Waals surface area (Å²) >= 11 is 0. The molecule has 1 rings (SSSR count). The van der Waals surface area contributed by atoms with Crippen LogP contribution in [0.5, 0.6) is 0 Å². The van der Waals surface area contributed by atoms with Crippen molar-refractivity contribution in [1.82, 2.24) is 0 Å². The molecule has 6 nitrogen and oxygen atoms in total. The van der Waals surface area contributed by atoms with Crippen LogP contribution >= 0.6 is 0 Å². The van der Waals surface area contributed by atoms with Crippen molar-refractivity contribution in [3.63, 3.8) is 0 Å². The van der Waals surface area contributed by atoms with E-state index in [4.69, 9.17) is 0 Å². The van der Waals surface area contributed by atoms with Crippen LogP contribution in [0.4, 0.5) is 61.5 Å². The second-order valence-corrected chi connectivity index (χ2v) is 11.0. The number of carbonyl (C=O) groups excluding carboxylic acids is 2. The minimum Gasteiger partial charge on any atom is -0.481 e. The van der Waals surface area contributed by atoms with Crippen LogP contribution in [0.2, 0.25) is 0 Å². The SMILES string of the molecule is CC1(CC(=O)O)CC(C)(CC(=O)OC(F)(F)C(F)(F)C(F)(F)F)CC(C)(CC(=O)OC(F)(F)C(F)(F)C(F)(F)F)C1. The van der Waals surface area contributed by atoms with E-state index < -0.39 is 109 Å². The summed E-state index contributed by atoms with van der Waals surface area (Å²) in [5.74, 6) is -20.0. The first-order valence-electron chi connectivity index (χ1n) is 11.0. The number of rotatable bonds is 10. The largest absolute Gasteiger partial charge is 0.481 e. The molecule has 0 aromatic rings. The highest BCUT2D eigenvalue weighted by Gasteiger charge is 2.77. The quantitative estimate of drug-likeness (QED) is 0.203. The number of ether oxygens (including phenoxy) is 2. The van der Waals surface area contributed by atoms with Gasteiger partial charge in [-0.25, -0.2) is 0 Å². The molecule has 1 aliphatic carbocycles. The molecule has 0 aromatic heterocycles. The third kappa shape index (κ3) is 8.04. The Labute approximate surface area is 221 Å². The molecule has 41 heavy (non-hydrogen) atoms. The van der Waals surface area contributed by atoms with Gasteiger partial charge in [0.1, 0.15) is 0 Å². The van der Waals surface area contributed by atoms with Gasteiger partial charge in [-0.15, -0.1) is 0 Å². The summed E-state index contributed by atoms with van der Waals surface area (Å²) in [5.41, 5.74) is -5.42. The highest BCUT2D eigenvalue weighted by Crippen LogP contribution is 2.59. The van der Waals surface area contributed by atoms with Gasteiger partial charge in [0, 0.05) is 0 Å². The molecule has 240 valence electrons. The van der Waals surface area contributed by atoms with Crippen LogP contribution < -0.4 is 0 Å². The van der Waals surface area contributed by atoms with Crippen LogP contribution in [0.3, 0.4) is 0 Å². The number of alkyl halides is 14. The number of hydrogen-bond donors (Lipinski definition) is 1. The lowest BCUT2D eigenvalue weighted by molar-refractivity contribution is -0.413. The molecule has 1 saturated carbocycles. The molecule has 0 saturated heterocycles. The molecule has 0 aliphatic heterocycles. The highest BCUT2D eigenvalue weighted by molar-refractivity contribution is 5.72. The Morgan fingerprint density at radius 2 is 0.805 bits per heavy atom. The first-order chi connectivity index (χ1) is 17.7. The van der Waals surface area contributed by atoms with Gasteiger partial charge in [-0.2, -0.15) is 61.5 Å². The molecule has 0 heterocycles. The number of hydrogen-bond acceptors (Lipinski definition) is 5. The van der Waals surface area contributed by atoms with Crippen molar-refractivity contribution in [3.05, 3.63) is 0 Å². The summed E-state index contributed by atoms with van der Waals surface area (Å²) < 4.78 is 187. The molecular weight excluding hydrogens is 614 g/mol. The Bertz CT molecular complexity index is 953. The van der Waals surface area contributed by atoms with E-state index in [1.165, 1.54) is 0 Å². The van der Waals surface area contributed by atoms with Crippen molar-refractivity contribution < 1.29 is 90.4 Å². The molecule has 0 aromatic carbocycles. The third-order valence-electron chi connectivity index (χ3n) is 6.21. The minimum absolute atomic E-state index is 0.504. The van der Waals surface area contributed by atoms with Crippen molar-refractivity contribution in [1.29, 1.82) is 0 Å². The van der Waals surface area contributed by atoms with Crippen LogP contribution in [-0.4, -0.2) is 59.4 Å². The number of carboxylic acid groups (broad SMARTS) is 1. The van der Waals surface area contributed by atoms with E-state index >= 15 is 0 Å². The monoisotopic (exact) mass is 636 g/mol. The Morgan fingerprint density at radius 1 is 0.561 bits per heavy atom. The number of esters is 2. The van der Waals surface area contributed by atoms with Gasteiger partial charge in [0.25, 0.3) is 0 Å². The van der Waals surface area contributed by atoms with Gasteiger partial charge in [-0.1, -0.05) is 20.8 Å². The average Bonchev–Trinajstić information content (AvgIpc) is 2.61. The van der Waals surface area contributed by atoms with Gasteiger partial charge in [0.05, 0.1) is 19.3 Å². The van der Waals surface area contributed by atoms with E-state index in [0.29, 0.717) is 0 Å². The van der Waals surface area contributed by atoms with E-state index in [1.54, 1.807) is 0 Å². The molecule has 2 atom stereocenters. The lowest BCUT2D eigenvalue weighted by atomic mass is 9.52. The van der Waals surface area contributed by atoms with Gasteiger partial charge in [0.2, 0.25) is 0 Å². The second kappa shape index (κ2) is 10.6. The summed E-state index contributed by atoms with van der Waals surface area (Å²) in [6, 6.07) is 0. The van der Waals surface area contributed by atoms with Crippen molar-refractivity contribution in [3.8, 4) is 0 Å². The van der Waals surface area contributed by atoms with E-state index in [1.807, 2.05) is 0 Å². The maximum absolute atomic E-state index is 13.5. The van der Waals surface area contributed by atoms with E-state index in [9.17, 15) is 81.0 Å². The molecular formula is C21H22F14O6. The third-order valence-corrected chi connectivity index (χ3v) is 6.21. The van der Waals surface area contributed by atoms with Crippen molar-refractivity contribution in [2.75, 3.05) is 0 Å². The lowest BCUT2D eigenvalue weighted by Crippen LogP contribution is -2.55. The predicted molar refractivity (Wildman–Crippen MR) is 104 cm³/mol. The fourth-order valence-corrected chi connectivity index (χ4v) is 5.53. The smallest absolute Gasteiger partial charge is 0.476 e.